The van der Waals surface area contributed by atoms with Crippen molar-refractivity contribution >= 4 is 11.9 Å². The molecule has 1 aliphatic heterocycles. The highest BCUT2D eigenvalue weighted by Crippen LogP contribution is 2.22. The van der Waals surface area contributed by atoms with Crippen molar-refractivity contribution in [1.29, 1.82) is 0 Å². The third kappa shape index (κ3) is 7.89. The van der Waals surface area contributed by atoms with Crippen molar-refractivity contribution in [2.24, 2.45) is 0 Å². The second kappa shape index (κ2) is 11.6. The SMILES string of the molecule is Cc1cc(C[C@H](O)C=C[C@H]2CCCC(=O)N2CCCCCCC(=O)O)ccc1O. The molecule has 1 saturated heterocycles. The van der Waals surface area contributed by atoms with Crippen LogP contribution in [0.2, 0.25) is 0 Å². The van der Waals surface area contributed by atoms with Gasteiger partial charge in [0.1, 0.15) is 5.75 Å². The van der Waals surface area contributed by atoms with Crippen molar-refractivity contribution in [2.45, 2.75) is 76.9 Å². The van der Waals surface area contributed by atoms with Gasteiger partial charge in [-0.1, -0.05) is 37.1 Å². The van der Waals surface area contributed by atoms with Crippen molar-refractivity contribution in [3.8, 4) is 5.75 Å². The lowest BCUT2D eigenvalue weighted by Gasteiger charge is -2.34. The van der Waals surface area contributed by atoms with Crippen LogP contribution in [0.1, 0.15) is 62.5 Å². The first-order chi connectivity index (χ1) is 13.9. The summed E-state index contributed by atoms with van der Waals surface area (Å²) in [5, 5.41) is 28.6. The van der Waals surface area contributed by atoms with E-state index in [4.69, 9.17) is 5.11 Å². The van der Waals surface area contributed by atoms with Crippen LogP contribution in [0.3, 0.4) is 0 Å². The molecule has 1 aromatic rings. The normalized spacial score (nSPS) is 18.3. The summed E-state index contributed by atoms with van der Waals surface area (Å²) in [6, 6.07) is 5.32. The first-order valence-corrected chi connectivity index (χ1v) is 10.5. The number of nitrogens with zero attached hydrogens (tertiary/aromatic N) is 1. The number of aliphatic hydroxyl groups is 1. The quantitative estimate of drug-likeness (QED) is 0.388. The van der Waals surface area contributed by atoms with Crippen molar-refractivity contribution in [2.75, 3.05) is 6.54 Å². The number of carbonyl (C=O) groups is 2. The molecule has 0 unspecified atom stereocenters. The van der Waals surface area contributed by atoms with Gasteiger partial charge >= 0.3 is 5.97 Å². The molecule has 3 N–H and O–H groups in total. The van der Waals surface area contributed by atoms with Gasteiger partial charge in [0.2, 0.25) is 5.91 Å². The maximum Gasteiger partial charge on any atom is 0.303 e. The van der Waals surface area contributed by atoms with E-state index in [-0.39, 0.29) is 24.1 Å². The molecule has 1 fully saturated rings. The predicted molar refractivity (Wildman–Crippen MR) is 112 cm³/mol. The largest absolute Gasteiger partial charge is 0.508 e. The summed E-state index contributed by atoms with van der Waals surface area (Å²) in [4.78, 5) is 24.8. The van der Waals surface area contributed by atoms with E-state index in [1.54, 1.807) is 18.2 Å². The highest BCUT2D eigenvalue weighted by molar-refractivity contribution is 5.77. The van der Waals surface area contributed by atoms with Crippen molar-refractivity contribution < 1.29 is 24.9 Å². The van der Waals surface area contributed by atoms with E-state index >= 15 is 0 Å². The van der Waals surface area contributed by atoms with Gasteiger partial charge in [-0.25, -0.2) is 0 Å². The fraction of sp³-hybridized carbons (Fsp3) is 0.565. The van der Waals surface area contributed by atoms with Gasteiger partial charge in [-0.15, -0.1) is 0 Å². The number of unbranched alkanes of at least 4 members (excludes halogenated alkanes) is 3. The number of aromatic hydroxyl groups is 1. The molecule has 0 spiro atoms. The van der Waals surface area contributed by atoms with E-state index in [1.165, 1.54) is 0 Å². The van der Waals surface area contributed by atoms with Gasteiger partial charge in [0.25, 0.3) is 0 Å². The smallest absolute Gasteiger partial charge is 0.303 e. The van der Waals surface area contributed by atoms with Gasteiger partial charge in [-0.05, 0) is 49.8 Å². The highest BCUT2D eigenvalue weighted by Gasteiger charge is 2.25. The van der Waals surface area contributed by atoms with Crippen LogP contribution in [0.4, 0.5) is 0 Å². The Kier molecular flexibility index (Phi) is 9.19. The molecular weight excluding hydrogens is 370 g/mol. The summed E-state index contributed by atoms with van der Waals surface area (Å²) in [6.07, 6.45) is 9.37. The first kappa shape index (κ1) is 22.9. The minimum absolute atomic E-state index is 0.00599. The number of piperidine rings is 1. The Labute approximate surface area is 172 Å². The lowest BCUT2D eigenvalue weighted by atomic mass is 9.98. The topological polar surface area (TPSA) is 98.1 Å². The minimum Gasteiger partial charge on any atom is -0.508 e. The lowest BCUT2D eigenvalue weighted by molar-refractivity contribution is -0.137. The summed E-state index contributed by atoms with van der Waals surface area (Å²) in [5.41, 5.74) is 1.74. The number of amides is 1. The van der Waals surface area contributed by atoms with Crippen molar-refractivity contribution in [3.05, 3.63) is 41.5 Å². The number of aliphatic carboxylic acids is 1. The molecule has 1 aliphatic rings. The molecule has 1 heterocycles. The maximum atomic E-state index is 12.3. The van der Waals surface area contributed by atoms with Crippen LogP contribution in [-0.2, 0) is 16.0 Å². The van der Waals surface area contributed by atoms with Gasteiger partial charge < -0.3 is 20.2 Å². The summed E-state index contributed by atoms with van der Waals surface area (Å²) in [5.74, 6) is -0.361. The van der Waals surface area contributed by atoms with E-state index in [9.17, 15) is 19.8 Å². The molecule has 2 atom stereocenters. The number of aryl methyl sites for hydroxylation is 1. The van der Waals surface area contributed by atoms with Crippen molar-refractivity contribution in [3.63, 3.8) is 0 Å². The Morgan fingerprint density at radius 1 is 1.28 bits per heavy atom. The zero-order valence-electron chi connectivity index (χ0n) is 17.2. The molecule has 160 valence electrons. The number of carboxylic acids is 1. The number of rotatable bonds is 11. The van der Waals surface area contributed by atoms with Crippen LogP contribution in [-0.4, -0.2) is 50.8 Å². The van der Waals surface area contributed by atoms with Crippen molar-refractivity contribution in [1.82, 2.24) is 4.90 Å². The fourth-order valence-corrected chi connectivity index (χ4v) is 3.76. The van der Waals surface area contributed by atoms with E-state index in [0.717, 1.165) is 43.2 Å². The molecule has 6 heteroatoms. The fourth-order valence-electron chi connectivity index (χ4n) is 3.76. The number of phenolic OH excluding ortho intramolecular Hbond substituents is 1. The average molecular weight is 404 g/mol. The Bertz CT molecular complexity index is 715. The number of benzene rings is 1. The van der Waals surface area contributed by atoms with Crippen LogP contribution < -0.4 is 0 Å². The zero-order chi connectivity index (χ0) is 21.2. The minimum atomic E-state index is -0.762. The first-order valence-electron chi connectivity index (χ1n) is 10.5. The monoisotopic (exact) mass is 403 g/mol. The highest BCUT2D eigenvalue weighted by atomic mass is 16.4. The van der Waals surface area contributed by atoms with Crippen LogP contribution in [0.5, 0.6) is 5.75 Å². The number of carbonyl (C=O) groups excluding carboxylic acids is 1. The van der Waals surface area contributed by atoms with Gasteiger partial charge in [0, 0.05) is 25.8 Å². The number of hydrogen-bond acceptors (Lipinski definition) is 4. The summed E-state index contributed by atoms with van der Waals surface area (Å²) < 4.78 is 0. The van der Waals surface area contributed by atoms with Gasteiger partial charge in [-0.3, -0.25) is 9.59 Å². The molecule has 1 amide bonds. The third-order valence-corrected chi connectivity index (χ3v) is 5.41. The molecule has 0 saturated carbocycles. The molecular formula is C23H33NO5. The van der Waals surface area contributed by atoms with E-state index in [0.29, 0.717) is 25.8 Å². The average Bonchev–Trinajstić information content (AvgIpc) is 2.67. The molecule has 2 rings (SSSR count). The number of phenols is 1. The van der Waals surface area contributed by atoms with Gasteiger partial charge in [0.05, 0.1) is 12.1 Å². The lowest BCUT2D eigenvalue weighted by Crippen LogP contribution is -2.43. The van der Waals surface area contributed by atoms with Crippen LogP contribution in [0, 0.1) is 6.92 Å². The molecule has 1 aromatic carbocycles. The Balaban J connectivity index is 1.84. The van der Waals surface area contributed by atoms with Gasteiger partial charge in [-0.2, -0.15) is 0 Å². The third-order valence-electron chi connectivity index (χ3n) is 5.41. The molecule has 0 radical (unpaired) electrons. The summed E-state index contributed by atoms with van der Waals surface area (Å²) in [7, 11) is 0. The second-order valence-electron chi connectivity index (χ2n) is 7.88. The Morgan fingerprint density at radius 3 is 2.76 bits per heavy atom. The molecule has 0 aliphatic carbocycles. The van der Waals surface area contributed by atoms with E-state index in [2.05, 4.69) is 0 Å². The summed E-state index contributed by atoms with van der Waals surface area (Å²) in [6.45, 7) is 2.50. The van der Waals surface area contributed by atoms with Crippen LogP contribution in [0.15, 0.2) is 30.4 Å². The number of likely N-dealkylation sites (tertiary alicyclic amines) is 1. The maximum absolute atomic E-state index is 12.3. The summed E-state index contributed by atoms with van der Waals surface area (Å²) >= 11 is 0. The van der Waals surface area contributed by atoms with Gasteiger partial charge in [0.15, 0.2) is 0 Å². The number of aliphatic hydroxyl groups excluding tert-OH is 1. The number of hydrogen-bond donors (Lipinski definition) is 3. The second-order valence-corrected chi connectivity index (χ2v) is 7.88. The molecule has 0 bridgehead atoms. The number of carboxylic acid groups (broad SMARTS) is 1. The molecule has 29 heavy (non-hydrogen) atoms. The Hall–Kier alpha value is -2.34. The zero-order valence-corrected chi connectivity index (χ0v) is 17.2. The van der Waals surface area contributed by atoms with Crippen LogP contribution >= 0.6 is 0 Å². The molecule has 0 aromatic heterocycles. The Morgan fingerprint density at radius 2 is 2.03 bits per heavy atom. The molecule has 6 nitrogen and oxygen atoms in total. The predicted octanol–water partition coefficient (Wildman–Crippen LogP) is 3.58. The van der Waals surface area contributed by atoms with Crippen LogP contribution in [0.25, 0.3) is 0 Å². The van der Waals surface area contributed by atoms with E-state index < -0.39 is 12.1 Å². The standard InChI is InChI=1S/C23H33NO5/c1-17-15-18(10-13-21(17)26)16-20(25)12-11-19-7-6-8-22(27)24(19)14-5-3-2-4-9-23(28)29/h10-13,15,19-20,25-26H,2-9,14,16H2,1H3,(H,28,29)/t19-,20-/m1/s1. The van der Waals surface area contributed by atoms with E-state index in [1.807, 2.05) is 24.0 Å².